The Kier molecular flexibility index (Phi) is 7.29. The average molecular weight is 405 g/mol. The highest BCUT2D eigenvalue weighted by Crippen LogP contribution is 2.30. The van der Waals surface area contributed by atoms with Crippen LogP contribution in [0, 0.1) is 11.8 Å². The number of benzene rings is 1. The van der Waals surface area contributed by atoms with E-state index in [0.717, 1.165) is 38.6 Å². The monoisotopic (exact) mass is 404 g/mol. The SMILES string of the molecule is COc1cc(CN2CCCCCC2)ccc1OCC(O)CN1C[C@H]2COC[C@H]2C1. The molecule has 1 aromatic carbocycles. The molecule has 3 atom stereocenters. The summed E-state index contributed by atoms with van der Waals surface area (Å²) in [7, 11) is 1.68. The third-order valence-electron chi connectivity index (χ3n) is 6.55. The maximum Gasteiger partial charge on any atom is 0.161 e. The Bertz CT molecular complexity index is 636. The van der Waals surface area contributed by atoms with Crippen molar-refractivity contribution >= 4 is 0 Å². The largest absolute Gasteiger partial charge is 0.493 e. The zero-order chi connectivity index (χ0) is 20.1. The van der Waals surface area contributed by atoms with E-state index < -0.39 is 6.10 Å². The highest BCUT2D eigenvalue weighted by molar-refractivity contribution is 5.43. The molecule has 0 bridgehead atoms. The van der Waals surface area contributed by atoms with Crippen LogP contribution in [0.15, 0.2) is 18.2 Å². The number of aliphatic hydroxyl groups excluding tert-OH is 1. The molecule has 162 valence electrons. The first-order valence-corrected chi connectivity index (χ1v) is 11.2. The lowest BCUT2D eigenvalue weighted by Crippen LogP contribution is -2.35. The van der Waals surface area contributed by atoms with Crippen LogP contribution in [0.25, 0.3) is 0 Å². The molecule has 3 fully saturated rings. The quantitative estimate of drug-likeness (QED) is 0.718. The number of aliphatic hydroxyl groups is 1. The first-order chi connectivity index (χ1) is 14.2. The van der Waals surface area contributed by atoms with Crippen molar-refractivity contribution < 1.29 is 19.3 Å². The fourth-order valence-corrected chi connectivity index (χ4v) is 4.95. The minimum Gasteiger partial charge on any atom is -0.493 e. The molecule has 29 heavy (non-hydrogen) atoms. The Morgan fingerprint density at radius 3 is 2.45 bits per heavy atom. The van der Waals surface area contributed by atoms with Gasteiger partial charge in [-0.15, -0.1) is 0 Å². The Morgan fingerprint density at radius 2 is 1.76 bits per heavy atom. The van der Waals surface area contributed by atoms with Gasteiger partial charge < -0.3 is 19.3 Å². The van der Waals surface area contributed by atoms with E-state index in [1.807, 2.05) is 6.07 Å². The lowest BCUT2D eigenvalue weighted by Gasteiger charge is -2.22. The van der Waals surface area contributed by atoms with Crippen LogP contribution >= 0.6 is 0 Å². The maximum absolute atomic E-state index is 10.4. The number of nitrogens with zero attached hydrogens (tertiary/aromatic N) is 2. The predicted octanol–water partition coefficient (Wildman–Crippen LogP) is 2.39. The summed E-state index contributed by atoms with van der Waals surface area (Å²) in [4.78, 5) is 4.87. The molecule has 4 rings (SSSR count). The second-order valence-electron chi connectivity index (χ2n) is 8.92. The van der Waals surface area contributed by atoms with Gasteiger partial charge in [-0.2, -0.15) is 0 Å². The highest BCUT2D eigenvalue weighted by Gasteiger charge is 2.37. The van der Waals surface area contributed by atoms with Gasteiger partial charge in [0.15, 0.2) is 11.5 Å². The number of hydrogen-bond acceptors (Lipinski definition) is 6. The maximum atomic E-state index is 10.4. The average Bonchev–Trinajstić information content (AvgIpc) is 3.20. The minimum absolute atomic E-state index is 0.282. The first-order valence-electron chi connectivity index (χ1n) is 11.2. The van der Waals surface area contributed by atoms with Crippen LogP contribution in [-0.4, -0.2) is 80.7 Å². The van der Waals surface area contributed by atoms with Gasteiger partial charge in [0.25, 0.3) is 0 Å². The molecule has 3 aliphatic heterocycles. The Morgan fingerprint density at radius 1 is 1.03 bits per heavy atom. The molecule has 6 heteroatoms. The molecule has 0 aliphatic carbocycles. The van der Waals surface area contributed by atoms with Crippen LogP contribution in [0.5, 0.6) is 11.5 Å². The van der Waals surface area contributed by atoms with Gasteiger partial charge in [-0.1, -0.05) is 18.9 Å². The van der Waals surface area contributed by atoms with Crippen LogP contribution in [0.1, 0.15) is 31.2 Å². The summed E-state index contributed by atoms with van der Waals surface area (Å²) in [5, 5.41) is 10.4. The number of methoxy groups -OCH3 is 1. The Hall–Kier alpha value is -1.34. The summed E-state index contributed by atoms with van der Waals surface area (Å²) >= 11 is 0. The standard InChI is InChI=1S/C23H36N2O4/c1-27-23-10-18(11-24-8-4-2-3-5-9-24)6-7-22(23)29-17-21(26)14-25-12-19-15-28-16-20(19)13-25/h6-7,10,19-21,26H,2-5,8-9,11-17H2,1H3/t19-,20+,21?. The summed E-state index contributed by atoms with van der Waals surface area (Å²) in [6, 6.07) is 6.18. The third kappa shape index (κ3) is 5.63. The van der Waals surface area contributed by atoms with Crippen LogP contribution in [0.4, 0.5) is 0 Å². The van der Waals surface area contributed by atoms with Crippen molar-refractivity contribution in [2.75, 3.05) is 59.7 Å². The smallest absolute Gasteiger partial charge is 0.161 e. The molecular formula is C23H36N2O4. The molecular weight excluding hydrogens is 368 g/mol. The highest BCUT2D eigenvalue weighted by atomic mass is 16.5. The summed E-state index contributed by atoms with van der Waals surface area (Å²) in [5.41, 5.74) is 1.25. The van der Waals surface area contributed by atoms with Gasteiger partial charge in [0, 0.05) is 38.0 Å². The molecule has 0 radical (unpaired) electrons. The minimum atomic E-state index is -0.503. The number of fused-ring (bicyclic) bond motifs is 1. The van der Waals surface area contributed by atoms with Crippen molar-refractivity contribution in [1.29, 1.82) is 0 Å². The zero-order valence-corrected chi connectivity index (χ0v) is 17.7. The first kappa shape index (κ1) is 20.9. The molecule has 0 aromatic heterocycles. The van der Waals surface area contributed by atoms with E-state index in [1.165, 1.54) is 44.3 Å². The van der Waals surface area contributed by atoms with Gasteiger partial charge in [0.2, 0.25) is 0 Å². The van der Waals surface area contributed by atoms with Crippen molar-refractivity contribution in [2.24, 2.45) is 11.8 Å². The second-order valence-corrected chi connectivity index (χ2v) is 8.92. The number of rotatable bonds is 8. The molecule has 1 N–H and O–H groups in total. The molecule has 0 spiro atoms. The normalized spacial score (nSPS) is 26.8. The number of β-amino-alcohol motifs (C(OH)–C–C–N with tert-alkyl or cyclic N) is 1. The van der Waals surface area contributed by atoms with Crippen LogP contribution in [0.3, 0.4) is 0 Å². The third-order valence-corrected chi connectivity index (χ3v) is 6.55. The lowest BCUT2D eigenvalue weighted by molar-refractivity contribution is 0.0666. The van der Waals surface area contributed by atoms with Crippen molar-refractivity contribution in [3.05, 3.63) is 23.8 Å². The van der Waals surface area contributed by atoms with E-state index >= 15 is 0 Å². The van der Waals surface area contributed by atoms with Crippen molar-refractivity contribution in [1.82, 2.24) is 9.80 Å². The topological polar surface area (TPSA) is 54.4 Å². The van der Waals surface area contributed by atoms with Gasteiger partial charge in [0.05, 0.1) is 20.3 Å². The summed E-state index contributed by atoms with van der Waals surface area (Å²) in [6.45, 7) is 8.04. The van der Waals surface area contributed by atoms with Gasteiger partial charge in [-0.05, 0) is 43.6 Å². The lowest BCUT2D eigenvalue weighted by atomic mass is 10.0. The molecule has 0 saturated carbocycles. The number of ether oxygens (including phenoxy) is 3. The van der Waals surface area contributed by atoms with Crippen molar-refractivity contribution in [2.45, 2.75) is 38.3 Å². The van der Waals surface area contributed by atoms with E-state index in [-0.39, 0.29) is 6.61 Å². The fraction of sp³-hybridized carbons (Fsp3) is 0.739. The van der Waals surface area contributed by atoms with E-state index in [2.05, 4.69) is 21.9 Å². The molecule has 3 heterocycles. The van der Waals surface area contributed by atoms with Crippen molar-refractivity contribution in [3.8, 4) is 11.5 Å². The van der Waals surface area contributed by atoms with Crippen LogP contribution in [-0.2, 0) is 11.3 Å². The number of hydrogen-bond donors (Lipinski definition) is 1. The number of likely N-dealkylation sites (tertiary alicyclic amines) is 2. The zero-order valence-electron chi connectivity index (χ0n) is 17.7. The van der Waals surface area contributed by atoms with E-state index in [4.69, 9.17) is 14.2 Å². The summed E-state index contributed by atoms with van der Waals surface area (Å²) < 4.78 is 17.0. The van der Waals surface area contributed by atoms with Gasteiger partial charge in [0.1, 0.15) is 12.7 Å². The molecule has 6 nitrogen and oxygen atoms in total. The van der Waals surface area contributed by atoms with Crippen molar-refractivity contribution in [3.63, 3.8) is 0 Å². The Labute approximate surface area is 174 Å². The summed E-state index contributed by atoms with van der Waals surface area (Å²) in [6.07, 6.45) is 4.78. The van der Waals surface area contributed by atoms with E-state index in [9.17, 15) is 5.11 Å². The summed E-state index contributed by atoms with van der Waals surface area (Å²) in [5.74, 6) is 2.73. The second kappa shape index (κ2) is 10.1. The van der Waals surface area contributed by atoms with Crippen LogP contribution < -0.4 is 9.47 Å². The Balaban J connectivity index is 1.26. The molecule has 1 aromatic rings. The molecule has 0 amide bonds. The van der Waals surface area contributed by atoms with E-state index in [1.54, 1.807) is 7.11 Å². The van der Waals surface area contributed by atoms with Gasteiger partial charge >= 0.3 is 0 Å². The predicted molar refractivity (Wildman–Crippen MR) is 112 cm³/mol. The fourth-order valence-electron chi connectivity index (χ4n) is 4.95. The van der Waals surface area contributed by atoms with Gasteiger partial charge in [-0.25, -0.2) is 0 Å². The molecule has 3 aliphatic rings. The van der Waals surface area contributed by atoms with Gasteiger partial charge in [-0.3, -0.25) is 9.80 Å². The van der Waals surface area contributed by atoms with E-state index in [0.29, 0.717) is 24.1 Å². The van der Waals surface area contributed by atoms with Crippen LogP contribution in [0.2, 0.25) is 0 Å². The molecule has 1 unspecified atom stereocenters. The molecule has 3 saturated heterocycles.